The minimum absolute atomic E-state index is 0.775. The molecule has 1 saturated carbocycles. The Kier molecular flexibility index (Phi) is 2.13. The van der Waals surface area contributed by atoms with E-state index in [0.717, 1.165) is 24.8 Å². The molecular weight excluding hydrogens is 150 g/mol. The van der Waals surface area contributed by atoms with Crippen molar-refractivity contribution < 1.29 is 0 Å². The molecule has 3 nitrogen and oxygen atoms in total. The molecule has 1 N–H and O–H groups in total. The highest BCUT2D eigenvalue weighted by atomic mass is 15.3. The summed E-state index contributed by atoms with van der Waals surface area (Å²) in [5.74, 6) is 0. The molecule has 12 heavy (non-hydrogen) atoms. The van der Waals surface area contributed by atoms with E-state index >= 15 is 0 Å². The van der Waals surface area contributed by atoms with Gasteiger partial charge in [0.1, 0.15) is 0 Å². The van der Waals surface area contributed by atoms with Gasteiger partial charge in [0.05, 0.1) is 5.69 Å². The first-order chi connectivity index (χ1) is 5.88. The summed E-state index contributed by atoms with van der Waals surface area (Å²) in [7, 11) is 0. The minimum atomic E-state index is 0.775. The van der Waals surface area contributed by atoms with Crippen LogP contribution in [-0.2, 0) is 13.1 Å². The molecule has 1 heterocycles. The quantitative estimate of drug-likeness (QED) is 0.725. The average molecular weight is 165 g/mol. The average Bonchev–Trinajstić information content (AvgIpc) is 2.81. The molecule has 1 fully saturated rings. The van der Waals surface area contributed by atoms with Crippen LogP contribution in [0.25, 0.3) is 0 Å². The Morgan fingerprint density at radius 3 is 3.08 bits per heavy atom. The summed E-state index contributed by atoms with van der Waals surface area (Å²) < 4.78 is 1.96. The first-order valence-electron chi connectivity index (χ1n) is 4.64. The molecular formula is C9H15N3. The number of nitrogens with zero attached hydrogens (tertiary/aromatic N) is 2. The summed E-state index contributed by atoms with van der Waals surface area (Å²) in [6.45, 7) is 3.99. The summed E-state index contributed by atoms with van der Waals surface area (Å²) in [6.07, 6.45) is 4.72. The number of rotatable bonds is 4. The van der Waals surface area contributed by atoms with Crippen molar-refractivity contribution >= 4 is 0 Å². The van der Waals surface area contributed by atoms with Crippen LogP contribution in [-0.4, -0.2) is 15.8 Å². The first-order valence-corrected chi connectivity index (χ1v) is 4.64. The second kappa shape index (κ2) is 3.27. The van der Waals surface area contributed by atoms with Crippen molar-refractivity contribution in [1.82, 2.24) is 15.1 Å². The fourth-order valence-electron chi connectivity index (χ4n) is 1.21. The molecule has 0 saturated heterocycles. The van der Waals surface area contributed by atoms with Crippen LogP contribution < -0.4 is 5.32 Å². The molecule has 0 aliphatic heterocycles. The molecule has 0 atom stereocenters. The van der Waals surface area contributed by atoms with Gasteiger partial charge >= 0.3 is 0 Å². The lowest BCUT2D eigenvalue weighted by Gasteiger charge is -1.97. The molecule has 0 bridgehead atoms. The van der Waals surface area contributed by atoms with Gasteiger partial charge in [0.25, 0.3) is 0 Å². The molecule has 0 aromatic carbocycles. The number of aryl methyl sites for hydroxylation is 1. The second-order valence-electron chi connectivity index (χ2n) is 3.32. The van der Waals surface area contributed by atoms with Crippen molar-refractivity contribution in [2.24, 2.45) is 0 Å². The molecule has 1 aliphatic carbocycles. The maximum atomic E-state index is 4.38. The van der Waals surface area contributed by atoms with Gasteiger partial charge in [0.2, 0.25) is 0 Å². The second-order valence-corrected chi connectivity index (χ2v) is 3.32. The molecule has 1 aromatic rings. The van der Waals surface area contributed by atoms with Crippen molar-refractivity contribution in [3.63, 3.8) is 0 Å². The predicted molar refractivity (Wildman–Crippen MR) is 47.8 cm³/mol. The van der Waals surface area contributed by atoms with Crippen LogP contribution in [0.2, 0.25) is 0 Å². The van der Waals surface area contributed by atoms with Crippen LogP contribution in [0.3, 0.4) is 0 Å². The first kappa shape index (κ1) is 7.80. The van der Waals surface area contributed by atoms with Crippen molar-refractivity contribution in [1.29, 1.82) is 0 Å². The smallest absolute Gasteiger partial charge is 0.0762 e. The maximum Gasteiger partial charge on any atom is 0.0762 e. The predicted octanol–water partition coefficient (Wildman–Crippen LogP) is 1.15. The van der Waals surface area contributed by atoms with E-state index in [1.54, 1.807) is 0 Å². The Bertz CT molecular complexity index is 250. The Morgan fingerprint density at radius 2 is 2.50 bits per heavy atom. The molecule has 3 heteroatoms. The van der Waals surface area contributed by atoms with E-state index < -0.39 is 0 Å². The number of hydrogen-bond acceptors (Lipinski definition) is 2. The van der Waals surface area contributed by atoms with E-state index in [2.05, 4.69) is 23.4 Å². The van der Waals surface area contributed by atoms with Crippen LogP contribution in [0.15, 0.2) is 12.3 Å². The molecule has 0 radical (unpaired) electrons. The summed E-state index contributed by atoms with van der Waals surface area (Å²) in [4.78, 5) is 0. The van der Waals surface area contributed by atoms with Gasteiger partial charge in [-0.15, -0.1) is 0 Å². The zero-order chi connectivity index (χ0) is 8.39. The summed E-state index contributed by atoms with van der Waals surface area (Å²) in [5.41, 5.74) is 1.16. The summed E-state index contributed by atoms with van der Waals surface area (Å²) in [6, 6.07) is 2.86. The van der Waals surface area contributed by atoms with E-state index in [1.807, 2.05) is 10.9 Å². The van der Waals surface area contributed by atoms with E-state index in [9.17, 15) is 0 Å². The van der Waals surface area contributed by atoms with E-state index in [4.69, 9.17) is 0 Å². The third kappa shape index (κ3) is 1.85. The van der Waals surface area contributed by atoms with Crippen LogP contribution >= 0.6 is 0 Å². The molecule has 1 aliphatic rings. The molecule has 2 rings (SSSR count). The van der Waals surface area contributed by atoms with Gasteiger partial charge < -0.3 is 5.32 Å². The van der Waals surface area contributed by atoms with E-state index in [0.29, 0.717) is 0 Å². The monoisotopic (exact) mass is 165 g/mol. The summed E-state index contributed by atoms with van der Waals surface area (Å²) >= 11 is 0. The third-order valence-electron chi connectivity index (χ3n) is 2.17. The van der Waals surface area contributed by atoms with Gasteiger partial charge in [0, 0.05) is 25.3 Å². The standard InChI is InChI=1S/C9H15N3/c1-2-12-6-5-9(11-12)7-10-8-3-4-8/h5-6,8,10H,2-4,7H2,1H3. The zero-order valence-corrected chi connectivity index (χ0v) is 7.45. The van der Waals surface area contributed by atoms with Gasteiger partial charge in [-0.25, -0.2) is 0 Å². The lowest BCUT2D eigenvalue weighted by Crippen LogP contribution is -2.15. The zero-order valence-electron chi connectivity index (χ0n) is 7.45. The molecule has 0 amide bonds. The largest absolute Gasteiger partial charge is 0.308 e. The van der Waals surface area contributed by atoms with Crippen LogP contribution in [0.1, 0.15) is 25.5 Å². The van der Waals surface area contributed by atoms with Crippen LogP contribution in [0.5, 0.6) is 0 Å². The molecule has 0 spiro atoms. The highest BCUT2D eigenvalue weighted by molar-refractivity contribution is 4.99. The molecule has 66 valence electrons. The third-order valence-corrected chi connectivity index (χ3v) is 2.17. The van der Waals surface area contributed by atoms with Gasteiger partial charge in [0.15, 0.2) is 0 Å². The van der Waals surface area contributed by atoms with Crippen LogP contribution in [0, 0.1) is 0 Å². The molecule has 0 unspecified atom stereocenters. The Labute approximate surface area is 72.8 Å². The SMILES string of the molecule is CCn1ccc(CNC2CC2)n1. The molecule has 1 aromatic heterocycles. The number of aromatic nitrogens is 2. The lowest BCUT2D eigenvalue weighted by molar-refractivity contribution is 0.618. The van der Waals surface area contributed by atoms with Gasteiger partial charge in [-0.05, 0) is 25.8 Å². The lowest BCUT2D eigenvalue weighted by atomic mass is 10.4. The van der Waals surface area contributed by atoms with Gasteiger partial charge in [-0.1, -0.05) is 0 Å². The Balaban J connectivity index is 1.84. The van der Waals surface area contributed by atoms with Crippen molar-refractivity contribution in [2.75, 3.05) is 0 Å². The van der Waals surface area contributed by atoms with Crippen LogP contribution in [0.4, 0.5) is 0 Å². The highest BCUT2D eigenvalue weighted by Crippen LogP contribution is 2.18. The Morgan fingerprint density at radius 1 is 1.67 bits per heavy atom. The van der Waals surface area contributed by atoms with Gasteiger partial charge in [-0.2, -0.15) is 5.10 Å². The van der Waals surface area contributed by atoms with Crippen molar-refractivity contribution in [3.05, 3.63) is 18.0 Å². The van der Waals surface area contributed by atoms with Gasteiger partial charge in [-0.3, -0.25) is 4.68 Å². The highest BCUT2D eigenvalue weighted by Gasteiger charge is 2.20. The minimum Gasteiger partial charge on any atom is -0.308 e. The fourth-order valence-corrected chi connectivity index (χ4v) is 1.21. The van der Waals surface area contributed by atoms with Crippen molar-refractivity contribution in [2.45, 2.75) is 38.9 Å². The topological polar surface area (TPSA) is 29.9 Å². The summed E-state index contributed by atoms with van der Waals surface area (Å²) in [5, 5.41) is 7.82. The Hall–Kier alpha value is -0.830. The fraction of sp³-hybridized carbons (Fsp3) is 0.667. The van der Waals surface area contributed by atoms with E-state index in [-0.39, 0.29) is 0 Å². The number of hydrogen-bond donors (Lipinski definition) is 1. The normalized spacial score (nSPS) is 16.8. The number of nitrogens with one attached hydrogen (secondary N) is 1. The van der Waals surface area contributed by atoms with E-state index in [1.165, 1.54) is 12.8 Å². The van der Waals surface area contributed by atoms with Crippen molar-refractivity contribution in [3.8, 4) is 0 Å². The maximum absolute atomic E-state index is 4.38.